The average Bonchev–Trinajstić information content (AvgIpc) is 2.92. The lowest BCUT2D eigenvalue weighted by molar-refractivity contribution is -0.328. The third-order valence-electron chi connectivity index (χ3n) is 6.52. The number of rotatable bonds is 9. The van der Waals surface area contributed by atoms with Crippen molar-refractivity contribution >= 4 is 0 Å². The summed E-state index contributed by atoms with van der Waals surface area (Å²) in [6, 6.07) is 38.1. The van der Waals surface area contributed by atoms with Crippen LogP contribution in [0.2, 0.25) is 0 Å². The Morgan fingerprint density at radius 1 is 0.559 bits per heavy atom. The molecule has 0 aliphatic heterocycles. The predicted molar refractivity (Wildman–Crippen MR) is 133 cm³/mol. The van der Waals surface area contributed by atoms with Gasteiger partial charge in [-0.25, -0.2) is 0 Å². The van der Waals surface area contributed by atoms with Gasteiger partial charge in [-0.05, 0) is 22.3 Å². The minimum Gasteiger partial charge on any atom is -0.386 e. The molecule has 2 atom stereocenters. The second-order valence-electron chi connectivity index (χ2n) is 8.26. The van der Waals surface area contributed by atoms with Gasteiger partial charge < -0.3 is 19.7 Å². The molecule has 0 aliphatic carbocycles. The lowest BCUT2D eigenvalue weighted by Crippen LogP contribution is -2.63. The van der Waals surface area contributed by atoms with Crippen LogP contribution in [0.25, 0.3) is 0 Å². The van der Waals surface area contributed by atoms with Crippen LogP contribution in [0.3, 0.4) is 0 Å². The molecule has 0 saturated heterocycles. The maximum Gasteiger partial charge on any atom is 0.231 e. The topological polar surface area (TPSA) is 58.9 Å². The molecular weight excluding hydrogens is 424 g/mol. The molecule has 4 rings (SSSR count). The summed E-state index contributed by atoms with van der Waals surface area (Å²) in [7, 11) is 2.92. The zero-order valence-corrected chi connectivity index (χ0v) is 19.4. The zero-order valence-electron chi connectivity index (χ0n) is 19.4. The summed E-state index contributed by atoms with van der Waals surface area (Å²) in [4.78, 5) is 0. The van der Waals surface area contributed by atoms with Crippen LogP contribution < -0.4 is 0 Å². The number of aliphatic hydroxyl groups excluding tert-OH is 1. The molecule has 0 fully saturated rings. The van der Waals surface area contributed by atoms with Gasteiger partial charge >= 0.3 is 0 Å². The van der Waals surface area contributed by atoms with Crippen LogP contribution in [-0.2, 0) is 15.1 Å². The molecule has 0 bridgehead atoms. The number of methoxy groups -OCH3 is 2. The number of hydrogen-bond acceptors (Lipinski definition) is 4. The van der Waals surface area contributed by atoms with Crippen molar-refractivity contribution < 1.29 is 19.7 Å². The Balaban J connectivity index is 1.97. The molecule has 0 radical (unpaired) electrons. The highest BCUT2D eigenvalue weighted by Crippen LogP contribution is 2.48. The van der Waals surface area contributed by atoms with Crippen molar-refractivity contribution in [3.63, 3.8) is 0 Å². The van der Waals surface area contributed by atoms with Gasteiger partial charge in [0.1, 0.15) is 6.10 Å². The van der Waals surface area contributed by atoms with Gasteiger partial charge in [-0.3, -0.25) is 0 Å². The molecular formula is C30H30O4. The van der Waals surface area contributed by atoms with Gasteiger partial charge in [0.05, 0.1) is 0 Å². The highest BCUT2D eigenvalue weighted by atomic mass is 16.7. The van der Waals surface area contributed by atoms with E-state index in [1.807, 2.05) is 121 Å². The first-order valence-corrected chi connectivity index (χ1v) is 11.3. The first-order chi connectivity index (χ1) is 16.6. The molecule has 0 saturated carbocycles. The molecule has 4 aromatic carbocycles. The predicted octanol–water partition coefficient (Wildman–Crippen LogP) is 5.10. The Morgan fingerprint density at radius 3 is 1.24 bits per heavy atom. The van der Waals surface area contributed by atoms with Gasteiger partial charge in [0.15, 0.2) is 5.60 Å². The van der Waals surface area contributed by atoms with E-state index in [9.17, 15) is 10.2 Å². The van der Waals surface area contributed by atoms with Crippen molar-refractivity contribution in [3.05, 3.63) is 144 Å². The van der Waals surface area contributed by atoms with Crippen LogP contribution in [0.4, 0.5) is 0 Å². The number of hydrogen-bond donors (Lipinski definition) is 2. The standard InChI is InChI=1S/C30H30O4/c1-33-29(25-19-11-5-12-20-25,26-21-13-6-14-22-26)30(32,34-2)28(31)27(23-15-7-3-8-16-23)24-17-9-4-10-18-24/h3-22,27-28,31-32H,1-2H3. The molecule has 2 N–H and O–H groups in total. The van der Waals surface area contributed by atoms with E-state index >= 15 is 0 Å². The van der Waals surface area contributed by atoms with Gasteiger partial charge in [0.2, 0.25) is 5.79 Å². The molecule has 174 valence electrons. The maximum atomic E-state index is 12.4. The SMILES string of the molecule is COC(c1ccccc1)(c1ccccc1)C(O)(OC)C(O)C(c1ccccc1)c1ccccc1. The van der Waals surface area contributed by atoms with Crippen molar-refractivity contribution in [2.45, 2.75) is 23.4 Å². The van der Waals surface area contributed by atoms with E-state index in [1.54, 1.807) is 0 Å². The largest absolute Gasteiger partial charge is 0.386 e. The van der Waals surface area contributed by atoms with Gasteiger partial charge in [-0.15, -0.1) is 0 Å². The van der Waals surface area contributed by atoms with Gasteiger partial charge in [-0.1, -0.05) is 121 Å². The molecule has 4 aromatic rings. The molecule has 0 amide bonds. The van der Waals surface area contributed by atoms with Crippen molar-refractivity contribution in [1.29, 1.82) is 0 Å². The van der Waals surface area contributed by atoms with E-state index in [0.29, 0.717) is 11.1 Å². The quantitative estimate of drug-likeness (QED) is 0.345. The van der Waals surface area contributed by atoms with E-state index < -0.39 is 23.4 Å². The van der Waals surface area contributed by atoms with E-state index in [0.717, 1.165) is 11.1 Å². The van der Waals surface area contributed by atoms with Crippen LogP contribution >= 0.6 is 0 Å². The fourth-order valence-corrected chi connectivity index (χ4v) is 4.88. The second-order valence-corrected chi connectivity index (χ2v) is 8.26. The summed E-state index contributed by atoms with van der Waals surface area (Å²) < 4.78 is 12.0. The maximum absolute atomic E-state index is 12.4. The third kappa shape index (κ3) is 4.06. The third-order valence-corrected chi connectivity index (χ3v) is 6.52. The van der Waals surface area contributed by atoms with E-state index in [2.05, 4.69) is 0 Å². The molecule has 4 nitrogen and oxygen atoms in total. The Morgan fingerprint density at radius 2 is 0.912 bits per heavy atom. The van der Waals surface area contributed by atoms with Crippen LogP contribution in [0.15, 0.2) is 121 Å². The van der Waals surface area contributed by atoms with Gasteiger partial charge in [-0.2, -0.15) is 0 Å². The van der Waals surface area contributed by atoms with Gasteiger partial charge in [0, 0.05) is 20.1 Å². The minimum atomic E-state index is -2.17. The number of aliphatic hydroxyl groups is 2. The fraction of sp³-hybridized carbons (Fsp3) is 0.200. The lowest BCUT2D eigenvalue weighted by atomic mass is 9.71. The van der Waals surface area contributed by atoms with Crippen molar-refractivity contribution in [2.24, 2.45) is 0 Å². The van der Waals surface area contributed by atoms with E-state index in [-0.39, 0.29) is 0 Å². The number of ether oxygens (including phenoxy) is 2. The summed E-state index contributed by atoms with van der Waals surface area (Å²) in [5.74, 6) is -2.75. The summed E-state index contributed by atoms with van der Waals surface area (Å²) in [5, 5.41) is 24.5. The smallest absolute Gasteiger partial charge is 0.231 e. The van der Waals surface area contributed by atoms with Crippen molar-refractivity contribution in [1.82, 2.24) is 0 Å². The molecule has 0 spiro atoms. The molecule has 34 heavy (non-hydrogen) atoms. The minimum absolute atomic E-state index is 0.589. The monoisotopic (exact) mass is 454 g/mol. The fourth-order valence-electron chi connectivity index (χ4n) is 4.88. The summed E-state index contributed by atoms with van der Waals surface area (Å²) >= 11 is 0. The molecule has 0 aromatic heterocycles. The normalized spacial score (nSPS) is 14.5. The van der Waals surface area contributed by atoms with Crippen LogP contribution in [0.5, 0.6) is 0 Å². The molecule has 0 heterocycles. The molecule has 2 unspecified atom stereocenters. The Hall–Kier alpha value is -3.28. The summed E-state index contributed by atoms with van der Waals surface area (Å²) in [6.07, 6.45) is -1.40. The Labute approximate surface area is 201 Å². The average molecular weight is 455 g/mol. The van der Waals surface area contributed by atoms with Gasteiger partial charge in [0.25, 0.3) is 0 Å². The first-order valence-electron chi connectivity index (χ1n) is 11.3. The molecule has 4 heteroatoms. The Kier molecular flexibility index (Phi) is 7.25. The van der Waals surface area contributed by atoms with Crippen molar-refractivity contribution in [3.8, 4) is 0 Å². The molecule has 0 aliphatic rings. The van der Waals surface area contributed by atoms with Crippen LogP contribution in [-0.4, -0.2) is 36.3 Å². The van der Waals surface area contributed by atoms with Crippen LogP contribution in [0, 0.1) is 0 Å². The zero-order chi connectivity index (χ0) is 24.0. The van der Waals surface area contributed by atoms with E-state index in [4.69, 9.17) is 9.47 Å². The first kappa shape index (κ1) is 23.9. The lowest BCUT2D eigenvalue weighted by Gasteiger charge is -2.49. The summed E-state index contributed by atoms with van der Waals surface area (Å²) in [5.41, 5.74) is 1.50. The highest BCUT2D eigenvalue weighted by molar-refractivity contribution is 5.43. The van der Waals surface area contributed by atoms with E-state index in [1.165, 1.54) is 14.2 Å². The summed E-state index contributed by atoms with van der Waals surface area (Å²) in [6.45, 7) is 0. The Bertz CT molecular complexity index is 1070. The van der Waals surface area contributed by atoms with Crippen molar-refractivity contribution in [2.75, 3.05) is 14.2 Å². The van der Waals surface area contributed by atoms with Crippen LogP contribution in [0.1, 0.15) is 28.2 Å². The number of benzene rings is 4. The second kappa shape index (κ2) is 10.3. The highest BCUT2D eigenvalue weighted by Gasteiger charge is 2.60.